The van der Waals surface area contributed by atoms with Gasteiger partial charge in [0.2, 0.25) is 10.0 Å². The normalized spacial score (nSPS) is 23.7. The van der Waals surface area contributed by atoms with Crippen molar-refractivity contribution in [2.75, 3.05) is 39.4 Å². The van der Waals surface area contributed by atoms with Crippen LogP contribution in [0.25, 0.3) is 0 Å². The van der Waals surface area contributed by atoms with Crippen LogP contribution >= 0.6 is 0 Å². The van der Waals surface area contributed by atoms with E-state index < -0.39 is 10.0 Å². The maximum atomic E-state index is 13.3. The fourth-order valence-electron chi connectivity index (χ4n) is 4.11. The first-order valence-electron chi connectivity index (χ1n) is 10.2. The van der Waals surface area contributed by atoms with Gasteiger partial charge in [-0.3, -0.25) is 0 Å². The van der Waals surface area contributed by atoms with Crippen LogP contribution in [0.15, 0.2) is 29.2 Å². The summed E-state index contributed by atoms with van der Waals surface area (Å²) in [5, 5.41) is 2.94. The van der Waals surface area contributed by atoms with Crippen molar-refractivity contribution in [1.29, 1.82) is 0 Å². The summed E-state index contributed by atoms with van der Waals surface area (Å²) in [5.41, 5.74) is 0.835. The molecular formula is C20H31N3O4S. The predicted molar refractivity (Wildman–Crippen MR) is 108 cm³/mol. The quantitative estimate of drug-likeness (QED) is 0.808. The molecule has 2 heterocycles. The molecule has 0 bridgehead atoms. The Morgan fingerprint density at radius 1 is 1.25 bits per heavy atom. The van der Waals surface area contributed by atoms with E-state index in [9.17, 15) is 13.2 Å². The molecule has 3 rings (SSSR count). The molecule has 0 aromatic heterocycles. The molecule has 0 unspecified atom stereocenters. The minimum atomic E-state index is -3.56. The standard InChI is InChI=1S/C20H31N3O4S/c1-3-10-21-20(24)23-12-13-27-15-17-14-22(11-9-18(17)23)28(25,26)19-8-6-5-7-16(19)4-2/h5-8,17-18H,3-4,9-15H2,1-2H3,(H,21,24)/t17-,18-/m1/s1. The summed E-state index contributed by atoms with van der Waals surface area (Å²) >= 11 is 0. The van der Waals surface area contributed by atoms with Crippen LogP contribution in [0.4, 0.5) is 4.79 Å². The number of carbonyl (C=O) groups is 1. The number of amides is 2. The highest BCUT2D eigenvalue weighted by atomic mass is 32.2. The van der Waals surface area contributed by atoms with E-state index in [1.165, 1.54) is 0 Å². The van der Waals surface area contributed by atoms with Gasteiger partial charge in [-0.1, -0.05) is 32.0 Å². The van der Waals surface area contributed by atoms with Crippen molar-refractivity contribution in [2.24, 2.45) is 5.92 Å². The fourth-order valence-corrected chi connectivity index (χ4v) is 5.92. The molecule has 2 aliphatic heterocycles. The Balaban J connectivity index is 1.78. The van der Waals surface area contributed by atoms with Gasteiger partial charge in [0, 0.05) is 38.1 Å². The van der Waals surface area contributed by atoms with E-state index in [1.54, 1.807) is 16.4 Å². The van der Waals surface area contributed by atoms with Gasteiger partial charge in [-0.05, 0) is 30.9 Å². The Kier molecular flexibility index (Phi) is 6.95. The van der Waals surface area contributed by atoms with E-state index in [0.717, 1.165) is 12.0 Å². The highest BCUT2D eigenvalue weighted by Gasteiger charge is 2.41. The monoisotopic (exact) mass is 409 g/mol. The van der Waals surface area contributed by atoms with Gasteiger partial charge >= 0.3 is 6.03 Å². The van der Waals surface area contributed by atoms with E-state index in [1.807, 2.05) is 30.9 Å². The maximum Gasteiger partial charge on any atom is 0.317 e. The van der Waals surface area contributed by atoms with Gasteiger partial charge in [-0.15, -0.1) is 0 Å². The smallest absolute Gasteiger partial charge is 0.317 e. The summed E-state index contributed by atoms with van der Waals surface area (Å²) in [6, 6.07) is 7.13. The molecule has 156 valence electrons. The van der Waals surface area contributed by atoms with Crippen LogP contribution < -0.4 is 5.32 Å². The van der Waals surface area contributed by atoms with Gasteiger partial charge < -0.3 is 15.0 Å². The Bertz CT molecular complexity index is 783. The second kappa shape index (κ2) is 9.24. The highest BCUT2D eigenvalue weighted by molar-refractivity contribution is 7.89. The summed E-state index contributed by atoms with van der Waals surface area (Å²) in [5.74, 6) is -0.0211. The topological polar surface area (TPSA) is 79.0 Å². The second-order valence-corrected chi connectivity index (χ2v) is 9.35. The van der Waals surface area contributed by atoms with Crippen molar-refractivity contribution in [3.05, 3.63) is 29.8 Å². The van der Waals surface area contributed by atoms with Gasteiger partial charge in [0.25, 0.3) is 0 Å². The molecule has 0 spiro atoms. The van der Waals surface area contributed by atoms with E-state index in [2.05, 4.69) is 5.32 Å². The lowest BCUT2D eigenvalue weighted by atomic mass is 9.93. The molecule has 0 saturated carbocycles. The van der Waals surface area contributed by atoms with Crippen molar-refractivity contribution in [2.45, 2.75) is 44.0 Å². The number of carbonyl (C=O) groups excluding carboxylic acids is 1. The zero-order valence-electron chi connectivity index (χ0n) is 16.8. The molecule has 0 radical (unpaired) electrons. The van der Waals surface area contributed by atoms with Gasteiger partial charge in [0.05, 0.1) is 18.1 Å². The number of hydrogen-bond acceptors (Lipinski definition) is 4. The van der Waals surface area contributed by atoms with Gasteiger partial charge in [0.1, 0.15) is 0 Å². The second-order valence-electron chi connectivity index (χ2n) is 7.44. The molecule has 2 aliphatic rings. The molecule has 28 heavy (non-hydrogen) atoms. The van der Waals surface area contributed by atoms with E-state index >= 15 is 0 Å². The number of urea groups is 1. The van der Waals surface area contributed by atoms with Gasteiger partial charge in [0.15, 0.2) is 0 Å². The summed E-state index contributed by atoms with van der Waals surface area (Å²) in [6.07, 6.45) is 2.18. The first-order valence-corrected chi connectivity index (χ1v) is 11.6. The number of nitrogens with one attached hydrogen (secondary N) is 1. The maximum absolute atomic E-state index is 13.3. The number of fused-ring (bicyclic) bond motifs is 1. The lowest BCUT2D eigenvalue weighted by molar-refractivity contribution is 0.0848. The SMILES string of the molecule is CCCNC(=O)N1CCOC[C@H]2CN(S(=O)(=O)c3ccccc3CC)CC[C@H]21. The van der Waals surface area contributed by atoms with Crippen molar-refractivity contribution >= 4 is 16.1 Å². The molecule has 2 atom stereocenters. The first-order chi connectivity index (χ1) is 13.5. The van der Waals surface area contributed by atoms with Crippen LogP contribution in [-0.4, -0.2) is 69.1 Å². The van der Waals surface area contributed by atoms with Crippen LogP contribution in [0.5, 0.6) is 0 Å². The number of benzene rings is 1. The molecule has 2 saturated heterocycles. The molecule has 7 nitrogen and oxygen atoms in total. The fraction of sp³-hybridized carbons (Fsp3) is 0.650. The van der Waals surface area contributed by atoms with Crippen molar-refractivity contribution in [1.82, 2.24) is 14.5 Å². The van der Waals surface area contributed by atoms with Crippen molar-refractivity contribution in [3.63, 3.8) is 0 Å². The summed E-state index contributed by atoms with van der Waals surface area (Å²) in [6.45, 7) is 6.92. The third-order valence-electron chi connectivity index (χ3n) is 5.62. The minimum absolute atomic E-state index is 0.00669. The number of rotatable bonds is 5. The van der Waals surface area contributed by atoms with Crippen LogP contribution in [0.3, 0.4) is 0 Å². The molecule has 1 N–H and O–H groups in total. The lowest BCUT2D eigenvalue weighted by Gasteiger charge is -2.41. The van der Waals surface area contributed by atoms with Gasteiger partial charge in [-0.25, -0.2) is 13.2 Å². The number of piperidine rings is 1. The van der Waals surface area contributed by atoms with Crippen LogP contribution in [0.2, 0.25) is 0 Å². The molecule has 8 heteroatoms. The third kappa shape index (κ3) is 4.34. The van der Waals surface area contributed by atoms with Crippen molar-refractivity contribution in [3.8, 4) is 0 Å². The largest absolute Gasteiger partial charge is 0.379 e. The molecule has 1 aromatic carbocycles. The molecule has 2 amide bonds. The number of ether oxygens (including phenoxy) is 1. The summed E-state index contributed by atoms with van der Waals surface area (Å²) in [7, 11) is -3.56. The predicted octanol–water partition coefficient (Wildman–Crippen LogP) is 2.08. The van der Waals surface area contributed by atoms with Crippen LogP contribution in [0.1, 0.15) is 32.3 Å². The number of aryl methyl sites for hydroxylation is 1. The Morgan fingerprint density at radius 3 is 2.79 bits per heavy atom. The third-order valence-corrected chi connectivity index (χ3v) is 7.59. The Hall–Kier alpha value is -1.64. The summed E-state index contributed by atoms with van der Waals surface area (Å²) in [4.78, 5) is 14.8. The van der Waals surface area contributed by atoms with E-state index in [0.29, 0.717) is 57.1 Å². The Morgan fingerprint density at radius 2 is 2.04 bits per heavy atom. The molecular weight excluding hydrogens is 378 g/mol. The van der Waals surface area contributed by atoms with Crippen LogP contribution in [0, 0.1) is 5.92 Å². The zero-order chi connectivity index (χ0) is 20.1. The average Bonchev–Trinajstić information content (AvgIpc) is 2.93. The number of nitrogens with zero attached hydrogens (tertiary/aromatic N) is 2. The molecule has 1 aromatic rings. The van der Waals surface area contributed by atoms with E-state index in [4.69, 9.17) is 4.74 Å². The summed E-state index contributed by atoms with van der Waals surface area (Å²) < 4.78 is 33.8. The highest BCUT2D eigenvalue weighted by Crippen LogP contribution is 2.30. The average molecular weight is 410 g/mol. The lowest BCUT2D eigenvalue weighted by Crippen LogP contribution is -2.56. The van der Waals surface area contributed by atoms with E-state index in [-0.39, 0.29) is 18.0 Å². The van der Waals surface area contributed by atoms with Crippen molar-refractivity contribution < 1.29 is 17.9 Å². The first kappa shape index (κ1) is 21.1. The van der Waals surface area contributed by atoms with Crippen LogP contribution in [-0.2, 0) is 21.2 Å². The minimum Gasteiger partial charge on any atom is -0.379 e. The number of sulfonamides is 1. The molecule has 0 aliphatic carbocycles. The molecule has 2 fully saturated rings. The Labute approximate surface area is 168 Å². The number of hydrogen-bond donors (Lipinski definition) is 1. The zero-order valence-corrected chi connectivity index (χ0v) is 17.6. The van der Waals surface area contributed by atoms with Gasteiger partial charge in [-0.2, -0.15) is 4.31 Å².